The van der Waals surface area contributed by atoms with Crippen molar-refractivity contribution in [3.63, 3.8) is 0 Å². The Balaban J connectivity index is 1.91. The highest BCUT2D eigenvalue weighted by molar-refractivity contribution is 8.00. The summed E-state index contributed by atoms with van der Waals surface area (Å²) in [5.74, 6) is 0.0592. The molecule has 21 heavy (non-hydrogen) atoms. The molecule has 0 saturated carbocycles. The molecule has 2 fully saturated rings. The highest BCUT2D eigenvalue weighted by Crippen LogP contribution is 2.31. The fourth-order valence-electron chi connectivity index (χ4n) is 2.62. The number of hydrogen-bond acceptors (Lipinski definition) is 4. The minimum atomic E-state index is -0.887. The molecule has 0 spiro atoms. The van der Waals surface area contributed by atoms with Crippen LogP contribution in [-0.2, 0) is 9.53 Å². The molecule has 2 amide bonds. The van der Waals surface area contributed by atoms with Crippen molar-refractivity contribution in [2.24, 2.45) is 0 Å². The van der Waals surface area contributed by atoms with Gasteiger partial charge in [0.2, 0.25) is 0 Å². The van der Waals surface area contributed by atoms with E-state index in [1.54, 1.807) is 4.90 Å². The predicted molar refractivity (Wildman–Crippen MR) is 81.7 cm³/mol. The van der Waals surface area contributed by atoms with Crippen LogP contribution in [0.3, 0.4) is 0 Å². The van der Waals surface area contributed by atoms with Crippen LogP contribution in [0.5, 0.6) is 0 Å². The lowest BCUT2D eigenvalue weighted by atomic mass is 10.1. The van der Waals surface area contributed by atoms with Gasteiger partial charge >= 0.3 is 12.0 Å². The molecule has 6 nitrogen and oxygen atoms in total. The van der Waals surface area contributed by atoms with E-state index in [0.29, 0.717) is 19.7 Å². The Hall–Kier alpha value is -0.950. The molecule has 2 rings (SSSR count). The molecule has 0 radical (unpaired) electrons. The molecule has 2 heterocycles. The summed E-state index contributed by atoms with van der Waals surface area (Å²) in [4.78, 5) is 27.0. The van der Waals surface area contributed by atoms with Gasteiger partial charge in [-0.05, 0) is 6.42 Å². The number of carbonyl (C=O) groups excluding carboxylic acids is 1. The van der Waals surface area contributed by atoms with Gasteiger partial charge in [0.1, 0.15) is 0 Å². The Morgan fingerprint density at radius 3 is 2.76 bits per heavy atom. The van der Waals surface area contributed by atoms with Crippen LogP contribution in [0.25, 0.3) is 0 Å². The molecule has 0 aromatic rings. The van der Waals surface area contributed by atoms with E-state index in [2.05, 4.69) is 13.8 Å². The number of rotatable bonds is 2. The second kappa shape index (κ2) is 6.87. The van der Waals surface area contributed by atoms with Crippen molar-refractivity contribution in [2.75, 3.05) is 38.5 Å². The summed E-state index contributed by atoms with van der Waals surface area (Å²) in [5, 5.41) is 8.84. The van der Waals surface area contributed by atoms with Gasteiger partial charge in [-0.2, -0.15) is 11.8 Å². The van der Waals surface area contributed by atoms with Gasteiger partial charge in [0.05, 0.1) is 19.1 Å². The molecule has 1 unspecified atom stereocenters. The van der Waals surface area contributed by atoms with Gasteiger partial charge in [0.15, 0.2) is 0 Å². The Morgan fingerprint density at radius 1 is 1.29 bits per heavy atom. The number of carboxylic acids is 1. The third kappa shape index (κ3) is 4.78. The number of amides is 2. The highest BCUT2D eigenvalue weighted by Gasteiger charge is 2.31. The number of urea groups is 1. The molecule has 0 bridgehead atoms. The molecule has 0 aliphatic carbocycles. The molecule has 120 valence electrons. The van der Waals surface area contributed by atoms with Crippen LogP contribution < -0.4 is 0 Å². The van der Waals surface area contributed by atoms with Gasteiger partial charge in [-0.1, -0.05) is 13.8 Å². The predicted octanol–water partition coefficient (Wildman–Crippen LogP) is 1.50. The summed E-state index contributed by atoms with van der Waals surface area (Å²) >= 11 is 1.90. The zero-order valence-electron chi connectivity index (χ0n) is 12.7. The van der Waals surface area contributed by atoms with Crippen molar-refractivity contribution < 1.29 is 19.4 Å². The minimum absolute atomic E-state index is 0.0204. The SMILES string of the molecule is CC1(C)CCN(C(=O)N2CCOC(CC(=O)O)C2)CCS1. The van der Waals surface area contributed by atoms with Gasteiger partial charge in [-0.3, -0.25) is 4.79 Å². The molecule has 0 aromatic heterocycles. The van der Waals surface area contributed by atoms with E-state index in [9.17, 15) is 9.59 Å². The first-order valence-electron chi connectivity index (χ1n) is 7.38. The quantitative estimate of drug-likeness (QED) is 0.836. The molecule has 0 aromatic carbocycles. The van der Waals surface area contributed by atoms with Crippen molar-refractivity contribution in [2.45, 2.75) is 37.5 Å². The molecule has 2 aliphatic heterocycles. The molecule has 1 N–H and O–H groups in total. The zero-order valence-corrected chi connectivity index (χ0v) is 13.5. The number of hydrogen-bond donors (Lipinski definition) is 1. The Labute approximate surface area is 129 Å². The lowest BCUT2D eigenvalue weighted by Gasteiger charge is -2.35. The number of aliphatic carboxylic acids is 1. The van der Waals surface area contributed by atoms with Crippen LogP contribution in [0.2, 0.25) is 0 Å². The fourth-order valence-corrected chi connectivity index (χ4v) is 3.72. The molecular formula is C14H24N2O4S. The number of morpholine rings is 1. The fraction of sp³-hybridized carbons (Fsp3) is 0.857. The summed E-state index contributed by atoms with van der Waals surface area (Å²) in [6.45, 7) is 7.28. The number of nitrogens with zero attached hydrogens (tertiary/aromatic N) is 2. The largest absolute Gasteiger partial charge is 0.481 e. The molecule has 7 heteroatoms. The van der Waals surface area contributed by atoms with Gasteiger partial charge in [0, 0.05) is 36.7 Å². The van der Waals surface area contributed by atoms with Gasteiger partial charge < -0.3 is 19.6 Å². The second-order valence-corrected chi connectivity index (χ2v) is 7.97. The summed E-state index contributed by atoms with van der Waals surface area (Å²) < 4.78 is 5.63. The van der Waals surface area contributed by atoms with E-state index in [1.165, 1.54) is 0 Å². The first-order valence-corrected chi connectivity index (χ1v) is 8.37. The monoisotopic (exact) mass is 316 g/mol. The third-order valence-electron chi connectivity index (χ3n) is 3.92. The van der Waals surface area contributed by atoms with Crippen LogP contribution in [0.4, 0.5) is 4.79 Å². The maximum atomic E-state index is 12.6. The van der Waals surface area contributed by atoms with Gasteiger partial charge in [-0.25, -0.2) is 4.79 Å². The van der Waals surface area contributed by atoms with E-state index >= 15 is 0 Å². The molecule has 2 saturated heterocycles. The lowest BCUT2D eigenvalue weighted by Crippen LogP contribution is -2.51. The van der Waals surface area contributed by atoms with Crippen molar-refractivity contribution in [1.82, 2.24) is 9.80 Å². The molecule has 1 atom stereocenters. The standard InChI is InChI=1S/C14H24N2O4S/c1-14(2)3-4-15(6-8-21-14)13(19)16-5-7-20-11(10-16)9-12(17)18/h11H,3-10H2,1-2H3,(H,17,18). The average molecular weight is 316 g/mol. The molecule has 2 aliphatic rings. The number of ether oxygens (including phenoxy) is 1. The Kier molecular flexibility index (Phi) is 5.37. The highest BCUT2D eigenvalue weighted by atomic mass is 32.2. The van der Waals surface area contributed by atoms with Crippen LogP contribution >= 0.6 is 11.8 Å². The maximum Gasteiger partial charge on any atom is 0.320 e. The Bertz CT molecular complexity index is 402. The summed E-state index contributed by atoms with van der Waals surface area (Å²) in [6.07, 6.45) is 0.539. The summed E-state index contributed by atoms with van der Waals surface area (Å²) in [7, 11) is 0. The van der Waals surface area contributed by atoms with E-state index in [-0.39, 0.29) is 17.2 Å². The maximum absolute atomic E-state index is 12.6. The van der Waals surface area contributed by atoms with E-state index in [1.807, 2.05) is 16.7 Å². The summed E-state index contributed by atoms with van der Waals surface area (Å²) in [5.41, 5.74) is 0. The zero-order chi connectivity index (χ0) is 15.5. The van der Waals surface area contributed by atoms with E-state index in [4.69, 9.17) is 9.84 Å². The second-order valence-electron chi connectivity index (χ2n) is 6.16. The van der Waals surface area contributed by atoms with Crippen LogP contribution in [0.15, 0.2) is 0 Å². The van der Waals surface area contributed by atoms with Crippen LogP contribution in [-0.4, -0.2) is 76.3 Å². The first-order chi connectivity index (χ1) is 9.87. The Morgan fingerprint density at radius 2 is 2.05 bits per heavy atom. The number of thioether (sulfide) groups is 1. The lowest BCUT2D eigenvalue weighted by molar-refractivity contribution is -0.141. The minimum Gasteiger partial charge on any atom is -0.481 e. The van der Waals surface area contributed by atoms with Crippen molar-refractivity contribution >= 4 is 23.8 Å². The van der Waals surface area contributed by atoms with Crippen molar-refractivity contribution in [1.29, 1.82) is 0 Å². The first kappa shape index (κ1) is 16.4. The van der Waals surface area contributed by atoms with E-state index < -0.39 is 12.1 Å². The summed E-state index contributed by atoms with van der Waals surface area (Å²) in [6, 6.07) is 0.0204. The van der Waals surface area contributed by atoms with Crippen LogP contribution in [0, 0.1) is 0 Å². The van der Waals surface area contributed by atoms with Crippen LogP contribution in [0.1, 0.15) is 26.7 Å². The van der Waals surface area contributed by atoms with Crippen molar-refractivity contribution in [3.8, 4) is 0 Å². The van der Waals surface area contributed by atoms with Gasteiger partial charge in [-0.15, -0.1) is 0 Å². The topological polar surface area (TPSA) is 70.1 Å². The normalized spacial score (nSPS) is 26.3. The van der Waals surface area contributed by atoms with E-state index in [0.717, 1.165) is 25.3 Å². The third-order valence-corrected chi connectivity index (χ3v) is 5.29. The van der Waals surface area contributed by atoms with Crippen molar-refractivity contribution in [3.05, 3.63) is 0 Å². The number of carboxylic acid groups (broad SMARTS) is 1. The smallest absolute Gasteiger partial charge is 0.320 e. The molecular weight excluding hydrogens is 292 g/mol. The average Bonchev–Trinajstić information content (AvgIpc) is 2.58. The number of carbonyl (C=O) groups is 2. The van der Waals surface area contributed by atoms with Gasteiger partial charge in [0.25, 0.3) is 0 Å².